The summed E-state index contributed by atoms with van der Waals surface area (Å²) in [7, 11) is 0. The molecule has 0 radical (unpaired) electrons. The molecule has 0 aliphatic carbocycles. The first-order valence-electron chi connectivity index (χ1n) is 9.55. The Hall–Kier alpha value is -2.82. The average Bonchev–Trinajstić information content (AvgIpc) is 2.67. The van der Waals surface area contributed by atoms with Gasteiger partial charge in [-0.05, 0) is 61.1 Å². The Bertz CT molecular complexity index is 811. The van der Waals surface area contributed by atoms with Crippen LogP contribution in [0.1, 0.15) is 42.1 Å². The minimum Gasteiger partial charge on any atom is -0.399 e. The standard InChI is InChI=1S/C22H27N3O2/c1-16-10-12-25(13-11-16)22(27)18-5-3-7-20(15-18)24-21(26)9-8-17-4-2-6-19(23)14-17/h2-7,14-16H,8-13,23H2,1H3,(H,24,26). The van der Waals surface area contributed by atoms with Crippen LogP contribution < -0.4 is 11.1 Å². The highest BCUT2D eigenvalue weighted by Crippen LogP contribution is 2.20. The number of carbonyl (C=O) groups is 2. The predicted octanol–water partition coefficient (Wildman–Crippen LogP) is 3.71. The maximum atomic E-state index is 12.7. The third-order valence-electron chi connectivity index (χ3n) is 5.06. The van der Waals surface area contributed by atoms with Crippen LogP contribution in [0.5, 0.6) is 0 Å². The lowest BCUT2D eigenvalue weighted by Crippen LogP contribution is -2.37. The van der Waals surface area contributed by atoms with Gasteiger partial charge >= 0.3 is 0 Å². The maximum absolute atomic E-state index is 12.7. The first-order chi connectivity index (χ1) is 13.0. The van der Waals surface area contributed by atoms with E-state index >= 15 is 0 Å². The highest BCUT2D eigenvalue weighted by Gasteiger charge is 2.21. The van der Waals surface area contributed by atoms with E-state index in [9.17, 15) is 9.59 Å². The number of anilines is 2. The molecule has 1 saturated heterocycles. The summed E-state index contributed by atoms with van der Waals surface area (Å²) in [5, 5.41) is 2.89. The molecule has 0 atom stereocenters. The Balaban J connectivity index is 1.56. The molecule has 1 heterocycles. The number of aryl methyl sites for hydroxylation is 1. The van der Waals surface area contributed by atoms with Crippen molar-refractivity contribution in [3.63, 3.8) is 0 Å². The van der Waals surface area contributed by atoms with Gasteiger partial charge in [0.05, 0.1) is 0 Å². The lowest BCUT2D eigenvalue weighted by molar-refractivity contribution is -0.116. The highest BCUT2D eigenvalue weighted by atomic mass is 16.2. The number of piperidine rings is 1. The van der Waals surface area contributed by atoms with Crippen molar-refractivity contribution in [3.8, 4) is 0 Å². The van der Waals surface area contributed by atoms with Crippen molar-refractivity contribution < 1.29 is 9.59 Å². The van der Waals surface area contributed by atoms with Crippen LogP contribution in [0.25, 0.3) is 0 Å². The minimum atomic E-state index is -0.0752. The minimum absolute atomic E-state index is 0.0396. The average molecular weight is 365 g/mol. The molecule has 0 unspecified atom stereocenters. The van der Waals surface area contributed by atoms with Crippen molar-refractivity contribution in [1.29, 1.82) is 0 Å². The topological polar surface area (TPSA) is 75.4 Å². The molecule has 2 amide bonds. The molecule has 2 aromatic carbocycles. The number of rotatable bonds is 5. The Labute approximate surface area is 160 Å². The molecule has 1 fully saturated rings. The Morgan fingerprint density at radius 1 is 1.11 bits per heavy atom. The number of nitrogens with zero attached hydrogens (tertiary/aromatic N) is 1. The van der Waals surface area contributed by atoms with E-state index in [4.69, 9.17) is 5.73 Å². The van der Waals surface area contributed by atoms with Gasteiger partial charge in [0.2, 0.25) is 5.91 Å². The van der Waals surface area contributed by atoms with Gasteiger partial charge in [0.25, 0.3) is 5.91 Å². The molecule has 0 aromatic heterocycles. The third kappa shape index (κ3) is 5.33. The number of carbonyl (C=O) groups excluding carboxylic acids is 2. The summed E-state index contributed by atoms with van der Waals surface area (Å²) in [6.45, 7) is 3.83. The molecule has 5 nitrogen and oxygen atoms in total. The van der Waals surface area contributed by atoms with Gasteiger partial charge in [-0.2, -0.15) is 0 Å². The fraction of sp³-hybridized carbons (Fsp3) is 0.364. The van der Waals surface area contributed by atoms with Gasteiger partial charge in [-0.3, -0.25) is 9.59 Å². The van der Waals surface area contributed by atoms with Crippen molar-refractivity contribution in [2.75, 3.05) is 24.1 Å². The smallest absolute Gasteiger partial charge is 0.253 e. The zero-order valence-electron chi connectivity index (χ0n) is 15.8. The van der Waals surface area contributed by atoms with Gasteiger partial charge in [-0.15, -0.1) is 0 Å². The number of nitrogen functional groups attached to an aromatic ring is 1. The largest absolute Gasteiger partial charge is 0.399 e. The molecule has 1 aliphatic rings. The van der Waals surface area contributed by atoms with E-state index in [0.717, 1.165) is 31.5 Å². The Kier molecular flexibility index (Phi) is 6.12. The maximum Gasteiger partial charge on any atom is 0.253 e. The van der Waals surface area contributed by atoms with Gasteiger partial charge in [-0.25, -0.2) is 0 Å². The van der Waals surface area contributed by atoms with Crippen LogP contribution in [-0.2, 0) is 11.2 Å². The summed E-state index contributed by atoms with van der Waals surface area (Å²) in [6, 6.07) is 14.8. The summed E-state index contributed by atoms with van der Waals surface area (Å²) in [5.41, 5.74) is 8.78. The van der Waals surface area contributed by atoms with Crippen LogP contribution in [0.2, 0.25) is 0 Å². The van der Waals surface area contributed by atoms with Gasteiger partial charge in [0.1, 0.15) is 0 Å². The molecule has 27 heavy (non-hydrogen) atoms. The first kappa shape index (κ1) is 19.0. The fourth-order valence-corrected chi connectivity index (χ4v) is 3.35. The molecular formula is C22H27N3O2. The third-order valence-corrected chi connectivity index (χ3v) is 5.06. The van der Waals surface area contributed by atoms with Crippen molar-refractivity contribution >= 4 is 23.2 Å². The van der Waals surface area contributed by atoms with E-state index in [1.165, 1.54) is 0 Å². The van der Waals surface area contributed by atoms with E-state index in [1.54, 1.807) is 6.07 Å². The second-order valence-electron chi connectivity index (χ2n) is 7.35. The summed E-state index contributed by atoms with van der Waals surface area (Å²) < 4.78 is 0. The molecule has 3 N–H and O–H groups in total. The lowest BCUT2D eigenvalue weighted by atomic mass is 9.98. The van der Waals surface area contributed by atoms with Crippen molar-refractivity contribution in [2.24, 2.45) is 5.92 Å². The lowest BCUT2D eigenvalue weighted by Gasteiger charge is -2.30. The van der Waals surface area contributed by atoms with E-state index in [2.05, 4.69) is 12.2 Å². The van der Waals surface area contributed by atoms with Gasteiger partial charge in [-0.1, -0.05) is 25.1 Å². The first-order valence-corrected chi connectivity index (χ1v) is 9.55. The van der Waals surface area contributed by atoms with Crippen LogP contribution in [0, 0.1) is 5.92 Å². The summed E-state index contributed by atoms with van der Waals surface area (Å²) in [6.07, 6.45) is 3.09. The number of benzene rings is 2. The van der Waals surface area contributed by atoms with Crippen LogP contribution in [0.3, 0.4) is 0 Å². The second kappa shape index (κ2) is 8.71. The van der Waals surface area contributed by atoms with Crippen LogP contribution in [0.4, 0.5) is 11.4 Å². The van der Waals surface area contributed by atoms with Crippen LogP contribution >= 0.6 is 0 Å². The second-order valence-corrected chi connectivity index (χ2v) is 7.35. The molecule has 3 rings (SSSR count). The number of nitrogens with one attached hydrogen (secondary N) is 1. The predicted molar refractivity (Wildman–Crippen MR) is 109 cm³/mol. The molecule has 2 aromatic rings. The SMILES string of the molecule is CC1CCN(C(=O)c2cccc(NC(=O)CCc3cccc(N)c3)c2)CC1. The van der Waals surface area contributed by atoms with E-state index in [0.29, 0.717) is 35.7 Å². The van der Waals surface area contributed by atoms with E-state index in [1.807, 2.05) is 47.4 Å². The number of hydrogen-bond donors (Lipinski definition) is 2. The molecule has 0 spiro atoms. The summed E-state index contributed by atoms with van der Waals surface area (Å²) >= 11 is 0. The molecule has 5 heteroatoms. The van der Waals surface area contributed by atoms with Crippen molar-refractivity contribution in [3.05, 3.63) is 59.7 Å². The molecule has 1 aliphatic heterocycles. The molecule has 142 valence electrons. The Morgan fingerprint density at radius 3 is 2.59 bits per heavy atom. The Morgan fingerprint density at radius 2 is 1.85 bits per heavy atom. The van der Waals surface area contributed by atoms with Gasteiger partial charge < -0.3 is 16.0 Å². The molecule has 0 bridgehead atoms. The quantitative estimate of drug-likeness (QED) is 0.793. The fourth-order valence-electron chi connectivity index (χ4n) is 3.35. The zero-order valence-corrected chi connectivity index (χ0v) is 15.8. The van der Waals surface area contributed by atoms with E-state index < -0.39 is 0 Å². The summed E-state index contributed by atoms with van der Waals surface area (Å²) in [4.78, 5) is 26.8. The summed E-state index contributed by atoms with van der Waals surface area (Å²) in [5.74, 6) is 0.645. The van der Waals surface area contributed by atoms with Gasteiger partial charge in [0.15, 0.2) is 0 Å². The molecule has 0 saturated carbocycles. The highest BCUT2D eigenvalue weighted by molar-refractivity contribution is 5.97. The van der Waals surface area contributed by atoms with E-state index in [-0.39, 0.29) is 11.8 Å². The zero-order chi connectivity index (χ0) is 19.2. The van der Waals surface area contributed by atoms with Gasteiger partial charge in [0, 0.05) is 36.4 Å². The number of amides is 2. The van der Waals surface area contributed by atoms with Crippen LogP contribution in [-0.4, -0.2) is 29.8 Å². The van der Waals surface area contributed by atoms with Crippen molar-refractivity contribution in [1.82, 2.24) is 4.90 Å². The number of hydrogen-bond acceptors (Lipinski definition) is 3. The van der Waals surface area contributed by atoms with Crippen molar-refractivity contribution in [2.45, 2.75) is 32.6 Å². The number of nitrogens with two attached hydrogens (primary N) is 1. The number of likely N-dealkylation sites (tertiary alicyclic amines) is 1. The van der Waals surface area contributed by atoms with Crippen LogP contribution in [0.15, 0.2) is 48.5 Å². The monoisotopic (exact) mass is 365 g/mol. The molecular weight excluding hydrogens is 338 g/mol. The normalized spacial score (nSPS) is 14.8.